The van der Waals surface area contributed by atoms with Crippen LogP contribution >= 0.6 is 0 Å². The lowest BCUT2D eigenvalue weighted by Crippen LogP contribution is -2.03. The highest BCUT2D eigenvalue weighted by Crippen LogP contribution is 2.14. The lowest BCUT2D eigenvalue weighted by molar-refractivity contribution is -0.128. The first kappa shape index (κ1) is 15.0. The normalized spacial score (nSPS) is 10.8. The Kier molecular flexibility index (Phi) is 5.33. The van der Waals surface area contributed by atoms with E-state index in [1.807, 2.05) is 55.5 Å². The maximum absolute atomic E-state index is 11.8. The summed E-state index contributed by atoms with van der Waals surface area (Å²) in [4.78, 5) is 11.8. The molecule has 0 aliphatic rings. The van der Waals surface area contributed by atoms with Crippen LogP contribution < -0.4 is 4.74 Å². The third-order valence-electron chi connectivity index (χ3n) is 3.17. The van der Waals surface area contributed by atoms with Crippen LogP contribution in [0.2, 0.25) is 0 Å². The predicted octanol–water partition coefficient (Wildman–Crippen LogP) is 4.57. The van der Waals surface area contributed by atoms with Crippen molar-refractivity contribution < 1.29 is 9.53 Å². The molecule has 0 saturated carbocycles. The van der Waals surface area contributed by atoms with E-state index in [-0.39, 0.29) is 5.97 Å². The summed E-state index contributed by atoms with van der Waals surface area (Å²) in [5.41, 5.74) is 3.44. The highest BCUT2D eigenvalue weighted by atomic mass is 16.5. The van der Waals surface area contributed by atoms with Crippen molar-refractivity contribution in [1.29, 1.82) is 0 Å². The molecule has 108 valence electrons. The Morgan fingerprint density at radius 1 is 1.05 bits per heavy atom. The molecule has 0 atom stereocenters. The van der Waals surface area contributed by atoms with Crippen LogP contribution in [0, 0.1) is 6.92 Å². The van der Waals surface area contributed by atoms with Gasteiger partial charge in [0.05, 0.1) is 0 Å². The fraction of sp³-hybridized carbons (Fsp3) is 0.211. The van der Waals surface area contributed by atoms with Crippen molar-refractivity contribution in [2.45, 2.75) is 26.7 Å². The zero-order valence-electron chi connectivity index (χ0n) is 12.5. The molecule has 2 nitrogen and oxygen atoms in total. The summed E-state index contributed by atoms with van der Waals surface area (Å²) in [6, 6.07) is 15.6. The monoisotopic (exact) mass is 280 g/mol. The molecule has 2 heteroatoms. The molecule has 0 aromatic heterocycles. The quantitative estimate of drug-likeness (QED) is 0.456. The van der Waals surface area contributed by atoms with Crippen LogP contribution in [-0.2, 0) is 11.2 Å². The molecule has 0 amide bonds. The van der Waals surface area contributed by atoms with Gasteiger partial charge in [0.25, 0.3) is 0 Å². The molecule has 2 rings (SSSR count). The van der Waals surface area contributed by atoms with Gasteiger partial charge in [-0.25, -0.2) is 4.79 Å². The Hall–Kier alpha value is -2.35. The van der Waals surface area contributed by atoms with Crippen molar-refractivity contribution >= 4 is 12.0 Å². The second kappa shape index (κ2) is 7.44. The van der Waals surface area contributed by atoms with Crippen LogP contribution in [0.15, 0.2) is 54.6 Å². The number of rotatable bonds is 5. The summed E-state index contributed by atoms with van der Waals surface area (Å²) in [6.45, 7) is 4.17. The summed E-state index contributed by atoms with van der Waals surface area (Å²) in [5, 5.41) is 0. The van der Waals surface area contributed by atoms with Gasteiger partial charge in [0, 0.05) is 6.08 Å². The zero-order chi connectivity index (χ0) is 15.1. The van der Waals surface area contributed by atoms with Crippen LogP contribution in [0.5, 0.6) is 5.75 Å². The third kappa shape index (κ3) is 4.92. The van der Waals surface area contributed by atoms with Crippen molar-refractivity contribution in [3.63, 3.8) is 0 Å². The highest BCUT2D eigenvalue weighted by Gasteiger charge is 2.00. The van der Waals surface area contributed by atoms with E-state index in [1.54, 1.807) is 6.08 Å². The number of hydrogen-bond acceptors (Lipinski definition) is 2. The van der Waals surface area contributed by atoms with Crippen LogP contribution in [0.4, 0.5) is 0 Å². The SMILES string of the molecule is CCCc1ccc(OC(=O)/C=C/c2ccc(C)cc2)cc1. The minimum atomic E-state index is -0.362. The Labute approximate surface area is 126 Å². The van der Waals surface area contributed by atoms with E-state index in [9.17, 15) is 4.79 Å². The van der Waals surface area contributed by atoms with Crippen LogP contribution in [0.3, 0.4) is 0 Å². The Morgan fingerprint density at radius 2 is 1.71 bits per heavy atom. The van der Waals surface area contributed by atoms with Gasteiger partial charge in [0.1, 0.15) is 5.75 Å². The predicted molar refractivity (Wildman–Crippen MR) is 86.3 cm³/mol. The van der Waals surface area contributed by atoms with Crippen molar-refractivity contribution in [1.82, 2.24) is 0 Å². The molecule has 0 aliphatic carbocycles. The van der Waals surface area contributed by atoms with Crippen molar-refractivity contribution in [3.05, 3.63) is 71.3 Å². The summed E-state index contributed by atoms with van der Waals surface area (Å²) in [6.07, 6.45) is 5.36. The zero-order valence-corrected chi connectivity index (χ0v) is 12.5. The molecular formula is C19H20O2. The number of ether oxygens (including phenoxy) is 1. The average Bonchev–Trinajstić information content (AvgIpc) is 2.49. The van der Waals surface area contributed by atoms with Gasteiger partial charge in [0.15, 0.2) is 0 Å². The van der Waals surface area contributed by atoms with Gasteiger partial charge < -0.3 is 4.74 Å². The second-order valence-electron chi connectivity index (χ2n) is 5.06. The molecule has 0 saturated heterocycles. The van der Waals surface area contributed by atoms with Crippen molar-refractivity contribution in [3.8, 4) is 5.75 Å². The second-order valence-corrected chi connectivity index (χ2v) is 5.06. The van der Waals surface area contributed by atoms with Gasteiger partial charge in [-0.1, -0.05) is 55.3 Å². The van der Waals surface area contributed by atoms with E-state index in [2.05, 4.69) is 6.92 Å². The minimum absolute atomic E-state index is 0.362. The number of esters is 1. The van der Waals surface area contributed by atoms with Gasteiger partial charge in [-0.2, -0.15) is 0 Å². The molecule has 0 aliphatic heterocycles. The fourth-order valence-corrected chi connectivity index (χ4v) is 2.00. The molecular weight excluding hydrogens is 260 g/mol. The molecule has 0 N–H and O–H groups in total. The standard InChI is InChI=1S/C19H20O2/c1-3-4-16-9-12-18(13-10-16)21-19(20)14-11-17-7-5-15(2)6-8-17/h5-14H,3-4H2,1-2H3/b14-11+. The minimum Gasteiger partial charge on any atom is -0.423 e. The Bertz CT molecular complexity index is 607. The maximum Gasteiger partial charge on any atom is 0.336 e. The highest BCUT2D eigenvalue weighted by molar-refractivity contribution is 5.88. The van der Waals surface area contributed by atoms with Crippen LogP contribution in [0.25, 0.3) is 6.08 Å². The first-order valence-electron chi connectivity index (χ1n) is 7.23. The molecule has 0 heterocycles. The Morgan fingerprint density at radius 3 is 2.33 bits per heavy atom. The van der Waals surface area contributed by atoms with E-state index in [0.29, 0.717) is 5.75 Å². The number of hydrogen-bond donors (Lipinski definition) is 0. The molecule has 2 aromatic rings. The molecule has 0 radical (unpaired) electrons. The van der Waals surface area contributed by atoms with Crippen molar-refractivity contribution in [2.24, 2.45) is 0 Å². The van der Waals surface area contributed by atoms with Gasteiger partial charge >= 0.3 is 5.97 Å². The number of carbonyl (C=O) groups is 1. The van der Waals surface area contributed by atoms with E-state index in [0.717, 1.165) is 18.4 Å². The molecule has 0 fully saturated rings. The third-order valence-corrected chi connectivity index (χ3v) is 3.17. The number of benzene rings is 2. The summed E-state index contributed by atoms with van der Waals surface area (Å²) >= 11 is 0. The van der Waals surface area contributed by atoms with E-state index in [1.165, 1.54) is 17.2 Å². The lowest BCUT2D eigenvalue weighted by atomic mass is 10.1. The maximum atomic E-state index is 11.8. The largest absolute Gasteiger partial charge is 0.423 e. The molecule has 21 heavy (non-hydrogen) atoms. The van der Waals surface area contributed by atoms with Gasteiger partial charge in [-0.15, -0.1) is 0 Å². The summed E-state index contributed by atoms with van der Waals surface area (Å²) in [5.74, 6) is 0.215. The summed E-state index contributed by atoms with van der Waals surface area (Å²) < 4.78 is 5.27. The fourth-order valence-electron chi connectivity index (χ4n) is 2.00. The van der Waals surface area contributed by atoms with E-state index < -0.39 is 0 Å². The number of aryl methyl sites for hydroxylation is 2. The smallest absolute Gasteiger partial charge is 0.336 e. The first-order chi connectivity index (χ1) is 10.2. The number of carbonyl (C=O) groups excluding carboxylic acids is 1. The topological polar surface area (TPSA) is 26.3 Å². The molecule has 0 spiro atoms. The lowest BCUT2D eigenvalue weighted by Gasteiger charge is -2.03. The van der Waals surface area contributed by atoms with Gasteiger partial charge in [-0.05, 0) is 42.7 Å². The Balaban J connectivity index is 1.93. The van der Waals surface area contributed by atoms with Crippen molar-refractivity contribution in [2.75, 3.05) is 0 Å². The molecule has 0 bridgehead atoms. The van der Waals surface area contributed by atoms with E-state index >= 15 is 0 Å². The van der Waals surface area contributed by atoms with Gasteiger partial charge in [-0.3, -0.25) is 0 Å². The van der Waals surface area contributed by atoms with E-state index in [4.69, 9.17) is 4.74 Å². The van der Waals surface area contributed by atoms with Crippen LogP contribution in [-0.4, -0.2) is 5.97 Å². The van der Waals surface area contributed by atoms with Gasteiger partial charge in [0.2, 0.25) is 0 Å². The molecule has 2 aromatic carbocycles. The first-order valence-corrected chi connectivity index (χ1v) is 7.23. The average molecular weight is 280 g/mol. The van der Waals surface area contributed by atoms with Crippen LogP contribution in [0.1, 0.15) is 30.0 Å². The molecule has 0 unspecified atom stereocenters. The summed E-state index contributed by atoms with van der Waals surface area (Å²) in [7, 11) is 0.